The van der Waals surface area contributed by atoms with Crippen LogP contribution in [-0.2, 0) is 4.74 Å². The first-order valence-electron chi connectivity index (χ1n) is 7.29. The Morgan fingerprint density at radius 1 is 1.41 bits per heavy atom. The van der Waals surface area contributed by atoms with Crippen LogP contribution in [0.2, 0.25) is 0 Å². The maximum atomic E-state index is 9.26. The van der Waals surface area contributed by atoms with E-state index in [2.05, 4.69) is 12.3 Å². The van der Waals surface area contributed by atoms with Gasteiger partial charge in [-0.2, -0.15) is 0 Å². The van der Waals surface area contributed by atoms with Crippen LogP contribution in [0, 0.1) is 5.92 Å². The molecule has 4 heteroatoms. The number of ether oxygens (including phenoxy) is 1. The minimum Gasteiger partial charge on any atom is -0.508 e. The zero-order valence-electron chi connectivity index (χ0n) is 13.0. The van der Waals surface area contributed by atoms with E-state index in [9.17, 15) is 5.11 Å². The Balaban J connectivity index is 2.57. The molecule has 0 atom stereocenters. The smallest absolute Gasteiger partial charge is 0.118 e. The second kappa shape index (κ2) is 9.85. The molecule has 1 rings (SSSR count). The van der Waals surface area contributed by atoms with Crippen molar-refractivity contribution < 1.29 is 20.1 Å². The summed E-state index contributed by atoms with van der Waals surface area (Å²) in [5, 5.41) is 27.3. The normalized spacial score (nSPS) is 15.1. The summed E-state index contributed by atoms with van der Waals surface area (Å²) in [6, 6.07) is 0. The first-order chi connectivity index (χ1) is 10.6. The van der Waals surface area contributed by atoms with Crippen molar-refractivity contribution in [2.75, 3.05) is 19.8 Å². The lowest BCUT2D eigenvalue weighted by atomic mass is 9.96. The molecule has 0 spiro atoms. The minimum atomic E-state index is -0.257. The quantitative estimate of drug-likeness (QED) is 0.366. The van der Waals surface area contributed by atoms with E-state index in [-0.39, 0.29) is 24.9 Å². The van der Waals surface area contributed by atoms with E-state index in [1.54, 1.807) is 13.0 Å². The molecule has 1 aliphatic carbocycles. The van der Waals surface area contributed by atoms with Crippen LogP contribution in [0.3, 0.4) is 0 Å². The summed E-state index contributed by atoms with van der Waals surface area (Å²) < 4.78 is 5.58. The maximum Gasteiger partial charge on any atom is 0.118 e. The summed E-state index contributed by atoms with van der Waals surface area (Å²) in [5.74, 6) is 0.712. The summed E-state index contributed by atoms with van der Waals surface area (Å²) >= 11 is 0. The lowest BCUT2D eigenvalue weighted by Gasteiger charge is -2.19. The van der Waals surface area contributed by atoms with E-state index in [0.29, 0.717) is 19.4 Å². The summed E-state index contributed by atoms with van der Waals surface area (Å²) in [7, 11) is 0. The standard InChI is InChI=1S/C18H24O4/c1-3-17(21)7-5-4-6-16-8-9-18(10-14(16)2)22-13-15(11-19)12-20/h3-4,7-9,15,19-21H,2,6,10-13H2,1H3/b17-3+. The highest BCUT2D eigenvalue weighted by Gasteiger charge is 2.13. The largest absolute Gasteiger partial charge is 0.508 e. The van der Waals surface area contributed by atoms with Crippen molar-refractivity contribution in [1.29, 1.82) is 0 Å². The first-order valence-corrected chi connectivity index (χ1v) is 7.29. The summed E-state index contributed by atoms with van der Waals surface area (Å²) in [6.45, 7) is 5.89. The Bertz CT molecular complexity index is 527. The van der Waals surface area contributed by atoms with Gasteiger partial charge in [0.2, 0.25) is 0 Å². The fourth-order valence-corrected chi connectivity index (χ4v) is 1.79. The van der Waals surface area contributed by atoms with Crippen LogP contribution in [0.1, 0.15) is 19.8 Å². The SMILES string of the molecule is C=C1CC(OCC(CO)CO)=CC=C1CC=C=C/C(O)=C\C. The Hall–Kier alpha value is -2.00. The monoisotopic (exact) mass is 304 g/mol. The molecular formula is C18H24O4. The van der Waals surface area contributed by atoms with Gasteiger partial charge in [0.05, 0.1) is 19.8 Å². The third-order valence-corrected chi connectivity index (χ3v) is 3.30. The van der Waals surface area contributed by atoms with Crippen LogP contribution in [0.25, 0.3) is 0 Å². The van der Waals surface area contributed by atoms with Crippen LogP contribution in [0.5, 0.6) is 0 Å². The third kappa shape index (κ3) is 6.19. The Morgan fingerprint density at radius 3 is 2.73 bits per heavy atom. The highest BCUT2D eigenvalue weighted by Crippen LogP contribution is 2.26. The molecule has 0 bridgehead atoms. The predicted molar refractivity (Wildman–Crippen MR) is 87.2 cm³/mol. The molecule has 0 aromatic carbocycles. The number of aliphatic hydroxyl groups excluding tert-OH is 3. The highest BCUT2D eigenvalue weighted by molar-refractivity contribution is 5.40. The average Bonchev–Trinajstić information content (AvgIpc) is 2.53. The molecule has 4 nitrogen and oxygen atoms in total. The fraction of sp³-hybridized carbons (Fsp3) is 0.389. The van der Waals surface area contributed by atoms with Gasteiger partial charge in [-0.15, -0.1) is 5.73 Å². The molecule has 0 aromatic rings. The second-order valence-corrected chi connectivity index (χ2v) is 5.08. The van der Waals surface area contributed by atoms with Crippen LogP contribution in [-0.4, -0.2) is 35.1 Å². The van der Waals surface area contributed by atoms with E-state index >= 15 is 0 Å². The lowest BCUT2D eigenvalue weighted by molar-refractivity contribution is 0.0753. The fourth-order valence-electron chi connectivity index (χ4n) is 1.79. The van der Waals surface area contributed by atoms with Gasteiger partial charge in [0.1, 0.15) is 11.5 Å². The van der Waals surface area contributed by atoms with Gasteiger partial charge in [0.15, 0.2) is 0 Å². The minimum absolute atomic E-state index is 0.0952. The van der Waals surface area contributed by atoms with Crippen molar-refractivity contribution in [2.45, 2.75) is 19.8 Å². The molecule has 0 aromatic heterocycles. The van der Waals surface area contributed by atoms with Gasteiger partial charge < -0.3 is 20.1 Å². The molecular weight excluding hydrogens is 280 g/mol. The van der Waals surface area contributed by atoms with Crippen molar-refractivity contribution in [3.05, 3.63) is 65.4 Å². The van der Waals surface area contributed by atoms with Crippen molar-refractivity contribution in [3.63, 3.8) is 0 Å². The molecule has 0 amide bonds. The van der Waals surface area contributed by atoms with Gasteiger partial charge in [-0.25, -0.2) is 0 Å². The van der Waals surface area contributed by atoms with Crippen LogP contribution in [0.4, 0.5) is 0 Å². The maximum absolute atomic E-state index is 9.26. The molecule has 0 saturated heterocycles. The topological polar surface area (TPSA) is 69.9 Å². The number of aliphatic hydroxyl groups is 3. The summed E-state index contributed by atoms with van der Waals surface area (Å²) in [5.41, 5.74) is 4.97. The highest BCUT2D eigenvalue weighted by atomic mass is 16.5. The van der Waals surface area contributed by atoms with Gasteiger partial charge in [0.25, 0.3) is 0 Å². The Kier molecular flexibility index (Phi) is 8.08. The Morgan fingerprint density at radius 2 is 2.14 bits per heavy atom. The molecule has 22 heavy (non-hydrogen) atoms. The third-order valence-electron chi connectivity index (χ3n) is 3.30. The van der Waals surface area contributed by atoms with E-state index in [4.69, 9.17) is 14.9 Å². The molecule has 0 fully saturated rings. The van der Waals surface area contributed by atoms with E-state index in [0.717, 1.165) is 16.9 Å². The van der Waals surface area contributed by atoms with Gasteiger partial charge in [0, 0.05) is 18.4 Å². The molecule has 0 saturated carbocycles. The van der Waals surface area contributed by atoms with Crippen molar-refractivity contribution >= 4 is 0 Å². The molecule has 120 valence electrons. The Labute approximate surface area is 131 Å². The lowest BCUT2D eigenvalue weighted by Crippen LogP contribution is -2.18. The van der Waals surface area contributed by atoms with E-state index in [1.807, 2.05) is 18.2 Å². The summed E-state index contributed by atoms with van der Waals surface area (Å²) in [6.07, 6.45) is 10.1. The molecule has 0 unspecified atom stereocenters. The zero-order valence-corrected chi connectivity index (χ0v) is 13.0. The van der Waals surface area contributed by atoms with Crippen molar-refractivity contribution in [1.82, 2.24) is 0 Å². The predicted octanol–water partition coefficient (Wildman–Crippen LogP) is 2.94. The zero-order chi connectivity index (χ0) is 16.4. The van der Waals surface area contributed by atoms with Gasteiger partial charge in [-0.3, -0.25) is 0 Å². The van der Waals surface area contributed by atoms with Crippen LogP contribution < -0.4 is 0 Å². The molecule has 1 aliphatic rings. The number of hydrogen-bond donors (Lipinski definition) is 3. The van der Waals surface area contributed by atoms with Crippen LogP contribution >= 0.6 is 0 Å². The van der Waals surface area contributed by atoms with E-state index in [1.165, 1.54) is 6.08 Å². The summed E-state index contributed by atoms with van der Waals surface area (Å²) in [4.78, 5) is 0. The van der Waals surface area contributed by atoms with Gasteiger partial charge >= 0.3 is 0 Å². The van der Waals surface area contributed by atoms with Crippen LogP contribution in [0.15, 0.2) is 65.4 Å². The number of rotatable bonds is 8. The van der Waals surface area contributed by atoms with Gasteiger partial charge in [-0.05, 0) is 42.7 Å². The van der Waals surface area contributed by atoms with Crippen molar-refractivity contribution in [3.8, 4) is 0 Å². The van der Waals surface area contributed by atoms with E-state index < -0.39 is 0 Å². The second-order valence-electron chi connectivity index (χ2n) is 5.08. The number of hydrogen-bond acceptors (Lipinski definition) is 4. The molecule has 0 aliphatic heterocycles. The first kappa shape index (κ1) is 18.1. The molecule has 0 radical (unpaired) electrons. The average molecular weight is 304 g/mol. The molecule has 3 N–H and O–H groups in total. The molecule has 0 heterocycles. The van der Waals surface area contributed by atoms with Gasteiger partial charge in [-0.1, -0.05) is 12.7 Å². The number of allylic oxidation sites excluding steroid dienone is 6. The van der Waals surface area contributed by atoms with Crippen molar-refractivity contribution in [2.24, 2.45) is 5.92 Å².